The second-order valence-corrected chi connectivity index (χ2v) is 27.2. The summed E-state index contributed by atoms with van der Waals surface area (Å²) in [5.41, 5.74) is 0. The van der Waals surface area contributed by atoms with E-state index in [0.717, 1.165) is 116 Å². The molecule has 0 saturated heterocycles. The van der Waals surface area contributed by atoms with Crippen molar-refractivity contribution in [3.05, 3.63) is 0 Å². The summed E-state index contributed by atoms with van der Waals surface area (Å²) >= 11 is 0. The number of rotatable bonds is 66. The lowest BCUT2D eigenvalue weighted by atomic mass is 10.0. The Kier molecular flexibility index (Phi) is 58.3. The molecule has 0 saturated carbocycles. The molecule has 504 valence electrons. The van der Waals surface area contributed by atoms with Crippen molar-refractivity contribution in [3.8, 4) is 0 Å². The molecule has 0 rings (SSSR count). The Balaban J connectivity index is 5.07. The molecule has 0 bridgehead atoms. The first kappa shape index (κ1) is 83.1. The van der Waals surface area contributed by atoms with Gasteiger partial charge in [-0.15, -0.1) is 0 Å². The molecule has 0 spiro atoms. The lowest BCUT2D eigenvalue weighted by molar-refractivity contribution is -0.161. The van der Waals surface area contributed by atoms with Gasteiger partial charge in [-0.25, -0.2) is 9.13 Å². The van der Waals surface area contributed by atoms with Crippen molar-refractivity contribution in [3.63, 3.8) is 0 Å². The summed E-state index contributed by atoms with van der Waals surface area (Å²) in [5, 5.41) is 10.5. The molecule has 85 heavy (non-hydrogen) atoms. The Bertz CT molecular complexity index is 1650. The van der Waals surface area contributed by atoms with E-state index in [2.05, 4.69) is 34.6 Å². The summed E-state index contributed by atoms with van der Waals surface area (Å²) in [7, 11) is -9.88. The van der Waals surface area contributed by atoms with Crippen molar-refractivity contribution in [2.24, 2.45) is 5.92 Å². The van der Waals surface area contributed by atoms with Gasteiger partial charge in [0.25, 0.3) is 0 Å². The molecule has 0 aromatic rings. The number of ether oxygens (including phenoxy) is 4. The van der Waals surface area contributed by atoms with Crippen LogP contribution in [0.25, 0.3) is 0 Å². The summed E-state index contributed by atoms with van der Waals surface area (Å²) in [4.78, 5) is 72.0. The van der Waals surface area contributed by atoms with Gasteiger partial charge in [0.2, 0.25) is 0 Å². The van der Waals surface area contributed by atoms with Gasteiger partial charge in [-0.2, -0.15) is 0 Å². The number of unbranched alkanes of at least 4 members (excludes halogenated alkanes) is 38. The molecule has 0 amide bonds. The number of carbonyl (C=O) groups is 4. The van der Waals surface area contributed by atoms with Crippen LogP contribution in [0.2, 0.25) is 0 Å². The molecule has 5 atom stereocenters. The monoisotopic (exact) mass is 1250 g/mol. The highest BCUT2D eigenvalue weighted by Crippen LogP contribution is 2.45. The molecule has 0 aliphatic carbocycles. The summed E-state index contributed by atoms with van der Waals surface area (Å²) in [6.45, 7) is 7.05. The van der Waals surface area contributed by atoms with Gasteiger partial charge in [0, 0.05) is 25.7 Å². The maximum absolute atomic E-state index is 13.0. The van der Waals surface area contributed by atoms with Gasteiger partial charge in [-0.05, 0) is 31.6 Å². The first-order chi connectivity index (χ1) is 41.0. The summed E-state index contributed by atoms with van der Waals surface area (Å²) in [5.74, 6) is -1.46. The van der Waals surface area contributed by atoms with Crippen LogP contribution in [0.5, 0.6) is 0 Å². The van der Waals surface area contributed by atoms with Crippen molar-refractivity contribution in [1.82, 2.24) is 0 Å². The number of hydrogen-bond acceptors (Lipinski definition) is 15. The fourth-order valence-electron chi connectivity index (χ4n) is 9.94. The van der Waals surface area contributed by atoms with E-state index in [4.69, 9.17) is 37.0 Å². The largest absolute Gasteiger partial charge is 0.472 e. The zero-order valence-corrected chi connectivity index (χ0v) is 56.5. The average Bonchev–Trinajstić information content (AvgIpc) is 3.61. The van der Waals surface area contributed by atoms with E-state index in [1.165, 1.54) is 135 Å². The van der Waals surface area contributed by atoms with Crippen molar-refractivity contribution in [2.45, 2.75) is 355 Å². The quantitative estimate of drug-likeness (QED) is 0.0222. The Morgan fingerprint density at radius 3 is 0.800 bits per heavy atom. The standard InChI is InChI=1S/C66H128O17P2/c1-6-9-12-15-18-20-21-22-23-24-25-26-27-28-29-30-31-32-35-42-47-52-66(71)83-62(56-77-64(69)50-45-40-37-36-38-43-48-59(4)5)58-81-85(74,75)79-54-60(67)53-78-84(72,73)80-57-61(55-76-63(68)49-44-39-33-17-14-11-8-3)82-65(70)51-46-41-34-19-16-13-10-7-2/h59-62,67H,6-58H2,1-5H3,(H,72,73)(H,74,75)/t60-,61+,62+/m0/s1. The fraction of sp³-hybridized carbons (Fsp3) is 0.939. The van der Waals surface area contributed by atoms with Crippen LogP contribution in [0.3, 0.4) is 0 Å². The normalized spacial score (nSPS) is 14.2. The molecule has 0 aliphatic rings. The van der Waals surface area contributed by atoms with Crippen molar-refractivity contribution in [2.75, 3.05) is 39.6 Å². The SMILES string of the molecule is CCCCCCCCCCCCCCCCCCCCCCCC(=O)O[C@H](COC(=O)CCCCCCCCC(C)C)COP(=O)(O)OC[C@@H](O)COP(=O)(O)OC[C@@H](COC(=O)CCCCCCCCC)OC(=O)CCCCCCCCCC. The van der Waals surface area contributed by atoms with E-state index in [0.29, 0.717) is 31.6 Å². The molecular weight excluding hydrogens is 1130 g/mol. The number of phosphoric ester groups is 2. The van der Waals surface area contributed by atoms with Crippen LogP contribution in [0.15, 0.2) is 0 Å². The summed E-state index contributed by atoms with van der Waals surface area (Å²) in [6.07, 6.45) is 45.0. The maximum atomic E-state index is 13.0. The minimum atomic E-state index is -4.94. The number of esters is 4. The molecule has 0 aromatic carbocycles. The second kappa shape index (κ2) is 59.7. The van der Waals surface area contributed by atoms with Crippen LogP contribution >= 0.6 is 15.6 Å². The van der Waals surface area contributed by atoms with Crippen LogP contribution in [-0.2, 0) is 65.4 Å². The molecule has 0 aliphatic heterocycles. The van der Waals surface area contributed by atoms with Crippen LogP contribution in [0, 0.1) is 5.92 Å². The third-order valence-corrected chi connectivity index (χ3v) is 17.2. The molecule has 0 radical (unpaired) electrons. The van der Waals surface area contributed by atoms with Crippen molar-refractivity contribution in [1.29, 1.82) is 0 Å². The summed E-state index contributed by atoms with van der Waals surface area (Å²) < 4.78 is 67.8. The zero-order chi connectivity index (χ0) is 62.8. The third-order valence-electron chi connectivity index (χ3n) is 15.3. The van der Waals surface area contributed by atoms with Crippen molar-refractivity contribution < 1.29 is 80.2 Å². The smallest absolute Gasteiger partial charge is 0.462 e. The highest BCUT2D eigenvalue weighted by atomic mass is 31.2. The second-order valence-electron chi connectivity index (χ2n) is 24.3. The van der Waals surface area contributed by atoms with E-state index >= 15 is 0 Å². The molecule has 0 fully saturated rings. The molecule has 19 heteroatoms. The number of aliphatic hydroxyl groups excluding tert-OH is 1. The fourth-order valence-corrected chi connectivity index (χ4v) is 11.5. The predicted octanol–water partition coefficient (Wildman–Crippen LogP) is 18.6. The Morgan fingerprint density at radius 1 is 0.318 bits per heavy atom. The number of carbonyl (C=O) groups excluding carboxylic acids is 4. The maximum Gasteiger partial charge on any atom is 0.472 e. The van der Waals surface area contributed by atoms with E-state index in [1.54, 1.807) is 0 Å². The van der Waals surface area contributed by atoms with Gasteiger partial charge < -0.3 is 33.8 Å². The van der Waals surface area contributed by atoms with Gasteiger partial charge in [-0.1, -0.05) is 285 Å². The molecule has 3 N–H and O–H groups in total. The van der Waals surface area contributed by atoms with E-state index < -0.39 is 97.5 Å². The molecular formula is C66H128O17P2. The highest BCUT2D eigenvalue weighted by Gasteiger charge is 2.30. The number of aliphatic hydroxyl groups is 1. The highest BCUT2D eigenvalue weighted by molar-refractivity contribution is 7.47. The van der Waals surface area contributed by atoms with E-state index in [-0.39, 0.29) is 25.7 Å². The third kappa shape index (κ3) is 60.7. The first-order valence-electron chi connectivity index (χ1n) is 34.6. The zero-order valence-electron chi connectivity index (χ0n) is 54.7. The van der Waals surface area contributed by atoms with Gasteiger partial charge in [0.05, 0.1) is 26.4 Å². The Morgan fingerprint density at radius 2 is 0.541 bits per heavy atom. The average molecular weight is 1260 g/mol. The lowest BCUT2D eigenvalue weighted by Gasteiger charge is -2.21. The molecule has 2 unspecified atom stereocenters. The molecule has 0 heterocycles. The lowest BCUT2D eigenvalue weighted by Crippen LogP contribution is -2.30. The first-order valence-corrected chi connectivity index (χ1v) is 37.6. The van der Waals surface area contributed by atoms with Crippen LogP contribution in [0.1, 0.15) is 336 Å². The minimum absolute atomic E-state index is 0.104. The predicted molar refractivity (Wildman–Crippen MR) is 340 cm³/mol. The Labute approximate surface area is 517 Å². The van der Waals surface area contributed by atoms with Gasteiger partial charge >= 0.3 is 39.5 Å². The van der Waals surface area contributed by atoms with Crippen LogP contribution < -0.4 is 0 Å². The minimum Gasteiger partial charge on any atom is -0.462 e. The van der Waals surface area contributed by atoms with Gasteiger partial charge in [-0.3, -0.25) is 37.3 Å². The number of phosphoric acid groups is 2. The number of hydrogen-bond donors (Lipinski definition) is 3. The topological polar surface area (TPSA) is 237 Å². The van der Waals surface area contributed by atoms with Gasteiger partial charge in [0.15, 0.2) is 12.2 Å². The van der Waals surface area contributed by atoms with Crippen LogP contribution in [-0.4, -0.2) is 96.7 Å². The Hall–Kier alpha value is -1.94. The molecule has 0 aromatic heterocycles. The van der Waals surface area contributed by atoms with Crippen LogP contribution in [0.4, 0.5) is 0 Å². The van der Waals surface area contributed by atoms with Crippen molar-refractivity contribution >= 4 is 39.5 Å². The van der Waals surface area contributed by atoms with E-state index in [1.807, 2.05) is 0 Å². The summed E-state index contributed by atoms with van der Waals surface area (Å²) in [6, 6.07) is 0. The van der Waals surface area contributed by atoms with E-state index in [9.17, 15) is 43.2 Å². The van der Waals surface area contributed by atoms with Gasteiger partial charge in [0.1, 0.15) is 19.3 Å². The molecule has 17 nitrogen and oxygen atoms in total.